The first-order valence-electron chi connectivity index (χ1n) is 8.81. The third-order valence-electron chi connectivity index (χ3n) is 4.29. The fraction of sp³-hybridized carbons (Fsp3) is 0.286. The maximum absolute atomic E-state index is 12.8. The third kappa shape index (κ3) is 4.21. The Labute approximate surface area is 167 Å². The van der Waals surface area contributed by atoms with Crippen molar-refractivity contribution in [3.05, 3.63) is 63.5 Å². The van der Waals surface area contributed by atoms with Crippen LogP contribution in [0.5, 0.6) is 0 Å². The van der Waals surface area contributed by atoms with Gasteiger partial charge in [-0.05, 0) is 44.2 Å². The quantitative estimate of drug-likeness (QED) is 0.617. The van der Waals surface area contributed by atoms with Gasteiger partial charge in [0.05, 0.1) is 29.5 Å². The van der Waals surface area contributed by atoms with Crippen molar-refractivity contribution in [2.24, 2.45) is 4.99 Å². The fourth-order valence-corrected chi connectivity index (χ4v) is 4.15. The number of methoxy groups -OCH3 is 2. The molecule has 3 aromatic rings. The van der Waals surface area contributed by atoms with Crippen LogP contribution in [0.25, 0.3) is 10.2 Å². The van der Waals surface area contributed by atoms with Crippen molar-refractivity contribution in [3.63, 3.8) is 0 Å². The van der Waals surface area contributed by atoms with Crippen LogP contribution in [0.3, 0.4) is 0 Å². The van der Waals surface area contributed by atoms with Gasteiger partial charge >= 0.3 is 5.97 Å². The van der Waals surface area contributed by atoms with Crippen LogP contribution in [0, 0.1) is 13.8 Å². The number of fused-ring (bicyclic) bond motifs is 1. The summed E-state index contributed by atoms with van der Waals surface area (Å²) < 4.78 is 12.8. The average Bonchev–Trinajstić information content (AvgIpc) is 3.00. The van der Waals surface area contributed by atoms with Gasteiger partial charge in [0.2, 0.25) is 0 Å². The van der Waals surface area contributed by atoms with Crippen LogP contribution < -0.4 is 4.80 Å². The predicted molar refractivity (Wildman–Crippen MR) is 109 cm³/mol. The van der Waals surface area contributed by atoms with E-state index >= 15 is 0 Å². The van der Waals surface area contributed by atoms with E-state index in [0.29, 0.717) is 29.1 Å². The van der Waals surface area contributed by atoms with Gasteiger partial charge in [-0.3, -0.25) is 4.79 Å². The minimum atomic E-state index is -0.399. The number of hydrogen-bond donors (Lipinski definition) is 0. The van der Waals surface area contributed by atoms with Gasteiger partial charge in [0.25, 0.3) is 5.91 Å². The molecule has 0 unspecified atom stereocenters. The molecule has 0 radical (unpaired) electrons. The van der Waals surface area contributed by atoms with E-state index in [0.717, 1.165) is 21.3 Å². The molecule has 146 valence electrons. The molecular weight excluding hydrogens is 376 g/mol. The topological polar surface area (TPSA) is 69.9 Å². The third-order valence-corrected chi connectivity index (χ3v) is 5.33. The highest BCUT2D eigenvalue weighted by atomic mass is 32.1. The van der Waals surface area contributed by atoms with E-state index in [1.54, 1.807) is 19.2 Å². The molecule has 0 spiro atoms. The minimum Gasteiger partial charge on any atom is -0.465 e. The van der Waals surface area contributed by atoms with Crippen molar-refractivity contribution in [2.45, 2.75) is 20.4 Å². The summed E-state index contributed by atoms with van der Waals surface area (Å²) >= 11 is 1.36. The van der Waals surface area contributed by atoms with Crippen molar-refractivity contribution >= 4 is 33.4 Å². The molecule has 0 bridgehead atoms. The monoisotopic (exact) mass is 398 g/mol. The van der Waals surface area contributed by atoms with Crippen molar-refractivity contribution in [1.29, 1.82) is 0 Å². The number of nitrogens with zero attached hydrogens (tertiary/aromatic N) is 2. The van der Waals surface area contributed by atoms with E-state index in [-0.39, 0.29) is 5.91 Å². The zero-order valence-electron chi connectivity index (χ0n) is 16.3. The SMILES string of the molecule is COCCn1c(=NC(=O)c2cc(C)cc(C)c2)sc2cc(C(=O)OC)ccc21. The highest BCUT2D eigenvalue weighted by molar-refractivity contribution is 7.16. The van der Waals surface area contributed by atoms with E-state index in [1.807, 2.05) is 42.7 Å². The lowest BCUT2D eigenvalue weighted by Gasteiger charge is -2.05. The molecule has 0 N–H and O–H groups in total. The summed E-state index contributed by atoms with van der Waals surface area (Å²) in [6.45, 7) is 4.94. The molecule has 0 atom stereocenters. The van der Waals surface area contributed by atoms with Gasteiger partial charge in [-0.25, -0.2) is 4.79 Å². The molecule has 3 rings (SSSR count). The summed E-state index contributed by atoms with van der Waals surface area (Å²) in [7, 11) is 2.98. The lowest BCUT2D eigenvalue weighted by molar-refractivity contribution is 0.0601. The Balaban J connectivity index is 2.12. The first-order chi connectivity index (χ1) is 13.4. The molecule has 1 amide bonds. The molecule has 0 aliphatic carbocycles. The van der Waals surface area contributed by atoms with Crippen LogP contribution in [0.2, 0.25) is 0 Å². The Kier molecular flexibility index (Phi) is 6.06. The smallest absolute Gasteiger partial charge is 0.337 e. The molecule has 0 fully saturated rings. The summed E-state index contributed by atoms with van der Waals surface area (Å²) in [5.41, 5.74) is 3.95. The highest BCUT2D eigenvalue weighted by Crippen LogP contribution is 2.20. The molecule has 28 heavy (non-hydrogen) atoms. The van der Waals surface area contributed by atoms with E-state index in [1.165, 1.54) is 18.4 Å². The Morgan fingerprint density at radius 1 is 1.04 bits per heavy atom. The number of esters is 1. The minimum absolute atomic E-state index is 0.294. The second-order valence-corrected chi connectivity index (χ2v) is 7.51. The van der Waals surface area contributed by atoms with Crippen LogP contribution in [-0.2, 0) is 16.0 Å². The number of ether oxygens (including phenoxy) is 2. The van der Waals surface area contributed by atoms with Crippen LogP contribution in [-0.4, -0.2) is 37.3 Å². The molecule has 2 aromatic carbocycles. The Morgan fingerprint density at radius 3 is 2.39 bits per heavy atom. The molecule has 0 aliphatic heterocycles. The number of hydrogen-bond acceptors (Lipinski definition) is 5. The molecule has 0 saturated carbocycles. The summed E-state index contributed by atoms with van der Waals surface area (Å²) in [6, 6.07) is 11.0. The molecular formula is C21H22N2O4S. The first-order valence-corrected chi connectivity index (χ1v) is 9.62. The van der Waals surface area contributed by atoms with E-state index in [2.05, 4.69) is 4.99 Å². The molecule has 7 heteroatoms. The standard InChI is InChI=1S/C21H22N2O4S/c1-13-9-14(2)11-16(10-13)19(24)22-21-23(7-8-26-3)17-6-5-15(20(25)27-4)12-18(17)28-21/h5-6,9-12H,7-8H2,1-4H3. The number of carbonyl (C=O) groups is 2. The van der Waals surface area contributed by atoms with Crippen LogP contribution in [0.1, 0.15) is 31.8 Å². The molecule has 1 heterocycles. The summed E-state index contributed by atoms with van der Waals surface area (Å²) in [6.07, 6.45) is 0. The molecule has 6 nitrogen and oxygen atoms in total. The summed E-state index contributed by atoms with van der Waals surface area (Å²) in [4.78, 5) is 29.5. The van der Waals surface area contributed by atoms with Gasteiger partial charge in [0, 0.05) is 19.2 Å². The normalized spacial score (nSPS) is 11.8. The largest absolute Gasteiger partial charge is 0.465 e. The Hall–Kier alpha value is -2.77. The number of aromatic nitrogens is 1. The van der Waals surface area contributed by atoms with Crippen molar-refractivity contribution in [2.75, 3.05) is 20.8 Å². The van der Waals surface area contributed by atoms with Crippen LogP contribution in [0.4, 0.5) is 0 Å². The van der Waals surface area contributed by atoms with Gasteiger partial charge in [-0.2, -0.15) is 4.99 Å². The molecule has 0 saturated heterocycles. The maximum atomic E-state index is 12.8. The lowest BCUT2D eigenvalue weighted by atomic mass is 10.1. The number of carbonyl (C=O) groups excluding carboxylic acids is 2. The Bertz CT molecular complexity index is 1090. The van der Waals surface area contributed by atoms with E-state index in [9.17, 15) is 9.59 Å². The highest BCUT2D eigenvalue weighted by Gasteiger charge is 2.13. The van der Waals surface area contributed by atoms with Gasteiger partial charge in [-0.1, -0.05) is 28.5 Å². The second-order valence-electron chi connectivity index (χ2n) is 6.50. The second kappa shape index (κ2) is 8.50. The van der Waals surface area contributed by atoms with Gasteiger partial charge in [0.1, 0.15) is 0 Å². The number of thiazole rings is 1. The number of benzene rings is 2. The zero-order chi connectivity index (χ0) is 20.3. The van der Waals surface area contributed by atoms with Crippen LogP contribution in [0.15, 0.2) is 41.4 Å². The van der Waals surface area contributed by atoms with Crippen molar-refractivity contribution in [1.82, 2.24) is 4.57 Å². The predicted octanol–water partition coefficient (Wildman–Crippen LogP) is 3.49. The Morgan fingerprint density at radius 2 is 1.75 bits per heavy atom. The summed E-state index contributed by atoms with van der Waals surface area (Å²) in [5.74, 6) is -0.693. The summed E-state index contributed by atoms with van der Waals surface area (Å²) in [5, 5.41) is 0. The lowest BCUT2D eigenvalue weighted by Crippen LogP contribution is -2.19. The number of rotatable bonds is 5. The molecule has 1 aromatic heterocycles. The van der Waals surface area contributed by atoms with Crippen molar-refractivity contribution in [3.8, 4) is 0 Å². The van der Waals surface area contributed by atoms with Crippen LogP contribution >= 0.6 is 11.3 Å². The zero-order valence-corrected chi connectivity index (χ0v) is 17.1. The average molecular weight is 398 g/mol. The first kappa shape index (κ1) is 20.0. The fourth-order valence-electron chi connectivity index (χ4n) is 3.05. The number of aryl methyl sites for hydroxylation is 2. The van der Waals surface area contributed by atoms with Gasteiger partial charge < -0.3 is 14.0 Å². The van der Waals surface area contributed by atoms with E-state index < -0.39 is 5.97 Å². The van der Waals surface area contributed by atoms with Crippen molar-refractivity contribution < 1.29 is 19.1 Å². The maximum Gasteiger partial charge on any atom is 0.337 e. The van der Waals surface area contributed by atoms with Gasteiger partial charge in [-0.15, -0.1) is 0 Å². The number of amides is 1. The molecule has 0 aliphatic rings. The van der Waals surface area contributed by atoms with E-state index in [4.69, 9.17) is 9.47 Å². The van der Waals surface area contributed by atoms with Gasteiger partial charge in [0.15, 0.2) is 4.80 Å².